The van der Waals surface area contributed by atoms with Gasteiger partial charge in [-0.2, -0.15) is 23.1 Å². The van der Waals surface area contributed by atoms with Crippen LogP contribution in [0.25, 0.3) is 11.0 Å². The molecular formula is C18H18F5N7O2. The molecular weight excluding hydrogens is 441 g/mol. The summed E-state index contributed by atoms with van der Waals surface area (Å²) in [7, 11) is 0. The van der Waals surface area contributed by atoms with Crippen molar-refractivity contribution in [3.8, 4) is 0 Å². The summed E-state index contributed by atoms with van der Waals surface area (Å²) in [4.78, 5) is 31.6. The van der Waals surface area contributed by atoms with Crippen LogP contribution in [-0.4, -0.2) is 49.4 Å². The first-order valence-corrected chi connectivity index (χ1v) is 9.36. The lowest BCUT2D eigenvalue weighted by Gasteiger charge is -2.07. The maximum atomic E-state index is 12.3. The molecule has 0 unspecified atom stereocenters. The SMILES string of the molecule is O=C(CCC(F)(F)F)NCc1ccc2nc(CNC(=O)c3cnn(CC(F)F)n3)[nH]c2c1. The number of rotatable bonds is 9. The van der Waals surface area contributed by atoms with Crippen LogP contribution in [0.1, 0.15) is 34.7 Å². The number of imidazole rings is 1. The Labute approximate surface area is 177 Å². The highest BCUT2D eigenvalue weighted by atomic mass is 19.4. The second-order valence-electron chi connectivity index (χ2n) is 6.79. The van der Waals surface area contributed by atoms with Crippen molar-refractivity contribution in [2.24, 2.45) is 0 Å². The molecule has 0 bridgehead atoms. The van der Waals surface area contributed by atoms with Crippen molar-refractivity contribution >= 4 is 22.8 Å². The minimum atomic E-state index is -4.39. The second-order valence-corrected chi connectivity index (χ2v) is 6.79. The second kappa shape index (κ2) is 9.70. The lowest BCUT2D eigenvalue weighted by Crippen LogP contribution is -2.24. The smallest absolute Gasteiger partial charge is 0.352 e. The van der Waals surface area contributed by atoms with Gasteiger partial charge in [-0.05, 0) is 17.7 Å². The fraction of sp³-hybridized carbons (Fsp3) is 0.389. The standard InChI is InChI=1S/C18H18F5N7O2/c19-14(20)9-30-26-7-13(29-30)17(32)25-8-15-27-11-2-1-10(5-12(11)28-15)6-24-16(31)3-4-18(21,22)23/h1-2,5,7,14H,3-4,6,8-9H2,(H,24,31)(H,25,32)(H,27,28). The largest absolute Gasteiger partial charge is 0.389 e. The normalized spacial score (nSPS) is 11.8. The molecule has 0 spiro atoms. The summed E-state index contributed by atoms with van der Waals surface area (Å²) in [6, 6.07) is 4.99. The Balaban J connectivity index is 1.53. The molecule has 0 radical (unpaired) electrons. The Morgan fingerprint density at radius 2 is 1.94 bits per heavy atom. The molecule has 1 aromatic carbocycles. The molecule has 0 saturated carbocycles. The highest BCUT2D eigenvalue weighted by molar-refractivity contribution is 5.91. The minimum absolute atomic E-state index is 0.00126. The molecule has 32 heavy (non-hydrogen) atoms. The molecule has 0 aliphatic rings. The van der Waals surface area contributed by atoms with Crippen LogP contribution in [0, 0.1) is 0 Å². The number of halogens is 5. The van der Waals surface area contributed by atoms with Gasteiger partial charge in [-0.25, -0.2) is 13.8 Å². The summed E-state index contributed by atoms with van der Waals surface area (Å²) in [5, 5.41) is 12.2. The van der Waals surface area contributed by atoms with Crippen LogP contribution in [0.4, 0.5) is 22.0 Å². The number of carbonyl (C=O) groups excluding carboxylic acids is 2. The number of amides is 2. The maximum absolute atomic E-state index is 12.3. The molecule has 0 aliphatic carbocycles. The van der Waals surface area contributed by atoms with Gasteiger partial charge in [0.15, 0.2) is 5.69 Å². The predicted octanol–water partition coefficient (Wildman–Crippen LogP) is 2.31. The molecule has 2 heterocycles. The Bertz CT molecular complexity index is 1090. The van der Waals surface area contributed by atoms with Gasteiger partial charge in [-0.1, -0.05) is 6.07 Å². The number of aromatic nitrogens is 5. The molecule has 14 heteroatoms. The van der Waals surface area contributed by atoms with E-state index >= 15 is 0 Å². The zero-order valence-corrected chi connectivity index (χ0v) is 16.4. The van der Waals surface area contributed by atoms with E-state index in [1.54, 1.807) is 18.2 Å². The van der Waals surface area contributed by atoms with E-state index in [2.05, 4.69) is 30.8 Å². The third-order valence-electron chi connectivity index (χ3n) is 4.21. The van der Waals surface area contributed by atoms with Crippen LogP contribution in [0.3, 0.4) is 0 Å². The van der Waals surface area contributed by atoms with Gasteiger partial charge in [0.2, 0.25) is 5.91 Å². The van der Waals surface area contributed by atoms with Crippen LogP contribution < -0.4 is 10.6 Å². The Morgan fingerprint density at radius 3 is 2.66 bits per heavy atom. The predicted molar refractivity (Wildman–Crippen MR) is 100 cm³/mol. The van der Waals surface area contributed by atoms with E-state index in [9.17, 15) is 31.5 Å². The summed E-state index contributed by atoms with van der Waals surface area (Å²) >= 11 is 0. The number of nitrogens with one attached hydrogen (secondary N) is 3. The first-order valence-electron chi connectivity index (χ1n) is 9.36. The summed E-state index contributed by atoms with van der Waals surface area (Å²) < 4.78 is 61.1. The molecule has 9 nitrogen and oxygen atoms in total. The van der Waals surface area contributed by atoms with Crippen LogP contribution in [0.5, 0.6) is 0 Å². The molecule has 3 aromatic rings. The third kappa shape index (κ3) is 6.72. The molecule has 0 fully saturated rings. The number of alkyl halides is 5. The van der Waals surface area contributed by atoms with Gasteiger partial charge in [0, 0.05) is 13.0 Å². The van der Waals surface area contributed by atoms with Gasteiger partial charge < -0.3 is 15.6 Å². The van der Waals surface area contributed by atoms with E-state index in [1.807, 2.05) is 0 Å². The van der Waals surface area contributed by atoms with E-state index in [-0.39, 0.29) is 18.8 Å². The highest BCUT2D eigenvalue weighted by Crippen LogP contribution is 2.21. The van der Waals surface area contributed by atoms with Crippen molar-refractivity contribution in [3.63, 3.8) is 0 Å². The molecule has 2 aromatic heterocycles. The van der Waals surface area contributed by atoms with Gasteiger partial charge in [-0.15, -0.1) is 5.10 Å². The molecule has 3 N–H and O–H groups in total. The van der Waals surface area contributed by atoms with Crippen LogP contribution in [-0.2, 0) is 24.4 Å². The van der Waals surface area contributed by atoms with Crippen LogP contribution >= 0.6 is 0 Å². The Hall–Kier alpha value is -3.58. The summed E-state index contributed by atoms with van der Waals surface area (Å²) in [5.41, 5.74) is 1.70. The van der Waals surface area contributed by atoms with Gasteiger partial charge in [-0.3, -0.25) is 9.59 Å². The van der Waals surface area contributed by atoms with E-state index in [0.29, 0.717) is 22.4 Å². The van der Waals surface area contributed by atoms with Crippen molar-refractivity contribution in [1.82, 2.24) is 35.6 Å². The zero-order valence-electron chi connectivity index (χ0n) is 16.4. The fourth-order valence-electron chi connectivity index (χ4n) is 2.71. The average molecular weight is 459 g/mol. The number of nitrogens with zero attached hydrogens (tertiary/aromatic N) is 4. The number of benzene rings is 1. The van der Waals surface area contributed by atoms with Gasteiger partial charge in [0.05, 0.1) is 30.2 Å². The molecule has 0 aliphatic heterocycles. The number of hydrogen-bond donors (Lipinski definition) is 3. The van der Waals surface area contributed by atoms with Crippen molar-refractivity contribution in [3.05, 3.63) is 41.5 Å². The Morgan fingerprint density at radius 1 is 1.16 bits per heavy atom. The van der Waals surface area contributed by atoms with Crippen molar-refractivity contribution in [2.75, 3.05) is 0 Å². The minimum Gasteiger partial charge on any atom is -0.352 e. The molecule has 3 rings (SSSR count). The topological polar surface area (TPSA) is 118 Å². The molecule has 0 saturated heterocycles. The summed E-state index contributed by atoms with van der Waals surface area (Å²) in [6.45, 7) is -0.674. The lowest BCUT2D eigenvalue weighted by atomic mass is 10.2. The number of carbonyl (C=O) groups is 2. The maximum Gasteiger partial charge on any atom is 0.389 e. The number of hydrogen-bond acceptors (Lipinski definition) is 5. The fourth-order valence-corrected chi connectivity index (χ4v) is 2.71. The van der Waals surface area contributed by atoms with E-state index in [0.717, 1.165) is 11.0 Å². The lowest BCUT2D eigenvalue weighted by molar-refractivity contribution is -0.144. The third-order valence-corrected chi connectivity index (χ3v) is 4.21. The van der Waals surface area contributed by atoms with Crippen LogP contribution in [0.15, 0.2) is 24.4 Å². The van der Waals surface area contributed by atoms with Gasteiger partial charge >= 0.3 is 6.18 Å². The van der Waals surface area contributed by atoms with E-state index in [4.69, 9.17) is 0 Å². The summed E-state index contributed by atoms with van der Waals surface area (Å²) in [6.07, 6.45) is -7.79. The Kier molecular flexibility index (Phi) is 7.00. The summed E-state index contributed by atoms with van der Waals surface area (Å²) in [5.74, 6) is -0.922. The van der Waals surface area contributed by atoms with Crippen molar-refractivity contribution in [2.45, 2.75) is 45.1 Å². The average Bonchev–Trinajstić information content (AvgIpc) is 3.34. The quantitative estimate of drug-likeness (QED) is 0.425. The first-order chi connectivity index (χ1) is 15.1. The number of H-pyrrole nitrogens is 1. The number of aromatic amines is 1. The van der Waals surface area contributed by atoms with Gasteiger partial charge in [0.1, 0.15) is 12.4 Å². The van der Waals surface area contributed by atoms with E-state index in [1.165, 1.54) is 0 Å². The van der Waals surface area contributed by atoms with Crippen LogP contribution in [0.2, 0.25) is 0 Å². The first kappa shape index (κ1) is 23.1. The molecule has 0 atom stereocenters. The highest BCUT2D eigenvalue weighted by Gasteiger charge is 2.27. The monoisotopic (exact) mass is 459 g/mol. The molecule has 172 valence electrons. The van der Waals surface area contributed by atoms with Crippen molar-refractivity contribution in [1.29, 1.82) is 0 Å². The number of fused-ring (bicyclic) bond motifs is 1. The van der Waals surface area contributed by atoms with Crippen molar-refractivity contribution < 1.29 is 31.5 Å². The van der Waals surface area contributed by atoms with Gasteiger partial charge in [0.25, 0.3) is 12.3 Å². The van der Waals surface area contributed by atoms with E-state index < -0.39 is 43.8 Å². The molecule has 2 amide bonds. The zero-order chi connectivity index (χ0) is 23.3.